The van der Waals surface area contributed by atoms with Crippen molar-refractivity contribution >= 4 is 47.7 Å². The van der Waals surface area contributed by atoms with Crippen molar-refractivity contribution in [1.29, 1.82) is 0 Å². The number of hydrogen-bond donors (Lipinski definition) is 1. The van der Waals surface area contributed by atoms with Crippen LogP contribution >= 0.6 is 11.8 Å². The van der Waals surface area contributed by atoms with Crippen LogP contribution in [-0.2, 0) is 11.8 Å². The van der Waals surface area contributed by atoms with Crippen molar-refractivity contribution in [2.45, 2.75) is 62.9 Å². The number of aryl methyl sites for hydroxylation is 1. The number of amides is 1. The predicted molar refractivity (Wildman–Crippen MR) is 160 cm³/mol. The molecule has 0 radical (unpaired) electrons. The quantitative estimate of drug-likeness (QED) is 0.153. The highest BCUT2D eigenvalue weighted by Crippen LogP contribution is 2.29. The van der Waals surface area contributed by atoms with Crippen molar-refractivity contribution in [3.8, 4) is 17.2 Å². The Morgan fingerprint density at radius 3 is 2.55 bits per heavy atom. The smallest absolute Gasteiger partial charge is 0.283 e. The zero-order valence-electron chi connectivity index (χ0n) is 22.5. The number of aromatic nitrogens is 3. The fourth-order valence-corrected chi connectivity index (χ4v) is 6.34. The minimum atomic E-state index is -1.53. The molecule has 1 aliphatic rings. The minimum Gasteiger partial charge on any atom is -0.353 e. The van der Waals surface area contributed by atoms with Crippen LogP contribution in [-0.4, -0.2) is 39.9 Å². The molecule has 4 aromatic rings. The Bertz CT molecular complexity index is 1620. The first kappa shape index (κ1) is 26.3. The summed E-state index contributed by atoms with van der Waals surface area (Å²) in [6.07, 6.45) is 5.64. The second-order valence-electron chi connectivity index (χ2n) is 11.0. The van der Waals surface area contributed by atoms with Gasteiger partial charge in [-0.3, -0.25) is 14.2 Å². The normalized spacial score (nSPS) is 14.4. The van der Waals surface area contributed by atoms with Crippen LogP contribution in [0.1, 0.15) is 37.7 Å². The number of thioether (sulfide) groups is 1. The Kier molecular flexibility index (Phi) is 7.51. The molecule has 1 saturated carbocycles. The fourth-order valence-electron chi connectivity index (χ4n) is 5.01. The lowest BCUT2D eigenvalue weighted by Gasteiger charge is -2.22. The molecule has 2 aromatic carbocycles. The topological polar surface area (TPSA) is 68.9 Å². The zero-order chi connectivity index (χ0) is 26.9. The molecular formula is C30H34N4O2SSi. The first-order valence-electron chi connectivity index (χ1n) is 13.3. The van der Waals surface area contributed by atoms with Crippen molar-refractivity contribution in [3.63, 3.8) is 0 Å². The molecule has 0 spiro atoms. The van der Waals surface area contributed by atoms with Crippen LogP contribution in [0.3, 0.4) is 0 Å². The first-order valence-corrected chi connectivity index (χ1v) is 17.8. The molecular weight excluding hydrogens is 509 g/mol. The van der Waals surface area contributed by atoms with Crippen molar-refractivity contribution < 1.29 is 4.79 Å². The number of carbonyl (C=O) groups is 1. The van der Waals surface area contributed by atoms with Gasteiger partial charge >= 0.3 is 0 Å². The predicted octanol–water partition coefficient (Wildman–Crippen LogP) is 5.65. The third kappa shape index (κ3) is 5.59. The summed E-state index contributed by atoms with van der Waals surface area (Å²) < 4.78 is 3.55. The second kappa shape index (κ2) is 10.8. The lowest BCUT2D eigenvalue weighted by atomic mass is 9.95. The number of benzene rings is 2. The van der Waals surface area contributed by atoms with Crippen molar-refractivity contribution in [2.24, 2.45) is 7.05 Å². The van der Waals surface area contributed by atoms with Crippen LogP contribution in [0, 0.1) is 11.5 Å². The molecule has 1 fully saturated rings. The summed E-state index contributed by atoms with van der Waals surface area (Å²) in [4.78, 5) is 31.9. The molecule has 38 heavy (non-hydrogen) atoms. The summed E-state index contributed by atoms with van der Waals surface area (Å²) in [6, 6.07) is 15.8. The van der Waals surface area contributed by atoms with Gasteiger partial charge in [0.2, 0.25) is 5.91 Å². The molecule has 5 rings (SSSR count). The minimum absolute atomic E-state index is 0.0160. The van der Waals surface area contributed by atoms with E-state index in [-0.39, 0.29) is 23.3 Å². The van der Waals surface area contributed by atoms with Crippen LogP contribution in [0.25, 0.3) is 27.6 Å². The Hall–Kier alpha value is -3.28. The number of carbonyl (C=O) groups excluding carboxylic acids is 1. The van der Waals surface area contributed by atoms with Crippen molar-refractivity contribution in [1.82, 2.24) is 19.4 Å². The summed E-state index contributed by atoms with van der Waals surface area (Å²) in [6.45, 7) is 6.66. The van der Waals surface area contributed by atoms with E-state index in [1.54, 1.807) is 4.57 Å². The number of fused-ring (bicyclic) bond motifs is 3. The lowest BCUT2D eigenvalue weighted by Crippen LogP contribution is -2.37. The second-order valence-corrected chi connectivity index (χ2v) is 16.7. The Morgan fingerprint density at radius 1 is 1.11 bits per heavy atom. The highest BCUT2D eigenvalue weighted by atomic mass is 32.2. The van der Waals surface area contributed by atoms with E-state index in [1.165, 1.54) is 18.2 Å². The summed E-state index contributed by atoms with van der Waals surface area (Å²) in [5.74, 6) is 3.52. The number of nitrogens with one attached hydrogen (secondary N) is 1. The van der Waals surface area contributed by atoms with Gasteiger partial charge in [-0.05, 0) is 43.2 Å². The van der Waals surface area contributed by atoms with Crippen LogP contribution in [0.15, 0.2) is 58.5 Å². The molecule has 1 amide bonds. The highest BCUT2D eigenvalue weighted by Gasteiger charge is 2.21. The molecule has 0 bridgehead atoms. The molecule has 1 N–H and O–H groups in total. The third-order valence-electron chi connectivity index (χ3n) is 6.88. The summed E-state index contributed by atoms with van der Waals surface area (Å²) in [5, 5.41) is 4.59. The molecule has 2 aromatic heterocycles. The molecule has 6 nitrogen and oxygen atoms in total. The third-order valence-corrected chi connectivity index (χ3v) is 8.69. The zero-order valence-corrected chi connectivity index (χ0v) is 24.3. The maximum atomic E-state index is 14.0. The summed E-state index contributed by atoms with van der Waals surface area (Å²) in [7, 11) is 0.370. The van der Waals surface area contributed by atoms with Crippen molar-refractivity contribution in [3.05, 3.63) is 64.4 Å². The SMILES string of the molecule is Cn1c2ccc(C#C[Si](C)(C)C)cc2c2nc(SCC(=O)NC3CCCCC3)n(-c3ccccc3)c(=O)c21. The van der Waals surface area contributed by atoms with E-state index >= 15 is 0 Å². The molecule has 196 valence electrons. The average molecular weight is 543 g/mol. The fraction of sp³-hybridized carbons (Fsp3) is 0.367. The van der Waals surface area contributed by atoms with Gasteiger partial charge in [-0.25, -0.2) is 4.98 Å². The Labute approximate surface area is 228 Å². The van der Waals surface area contributed by atoms with Gasteiger partial charge in [-0.2, -0.15) is 0 Å². The van der Waals surface area contributed by atoms with Crippen LogP contribution in [0.5, 0.6) is 0 Å². The molecule has 0 aliphatic heterocycles. The van der Waals surface area contributed by atoms with Gasteiger partial charge in [0.15, 0.2) is 5.16 Å². The standard InChI is InChI=1S/C30H34N4O2SSi/c1-33-25-16-15-21(17-18-38(2,3)4)19-24(25)27-28(33)29(36)34(23-13-9-6-10-14-23)30(32-27)37-20-26(35)31-22-11-7-5-8-12-22/h6,9-10,13-16,19,22H,5,7-8,11-12,20H2,1-4H3,(H,31,35). The molecule has 8 heteroatoms. The maximum Gasteiger partial charge on any atom is 0.283 e. The Balaban J connectivity index is 1.60. The average Bonchev–Trinajstić information content (AvgIpc) is 3.18. The molecule has 0 unspecified atom stereocenters. The summed E-state index contributed by atoms with van der Waals surface area (Å²) >= 11 is 1.31. The van der Waals surface area contributed by atoms with E-state index in [4.69, 9.17) is 4.98 Å². The van der Waals surface area contributed by atoms with E-state index in [0.29, 0.717) is 16.2 Å². The van der Waals surface area contributed by atoms with E-state index in [1.807, 2.05) is 60.1 Å². The molecule has 1 aliphatic carbocycles. The first-order chi connectivity index (χ1) is 18.2. The maximum absolute atomic E-state index is 14.0. The number of hydrogen-bond acceptors (Lipinski definition) is 4. The Morgan fingerprint density at radius 2 is 1.84 bits per heavy atom. The monoisotopic (exact) mass is 542 g/mol. The van der Waals surface area contributed by atoms with Crippen LogP contribution in [0.2, 0.25) is 19.6 Å². The van der Waals surface area contributed by atoms with Gasteiger partial charge in [0.05, 0.1) is 17.0 Å². The van der Waals surface area contributed by atoms with Crippen LogP contribution < -0.4 is 10.9 Å². The van der Waals surface area contributed by atoms with Gasteiger partial charge < -0.3 is 9.88 Å². The molecule has 0 saturated heterocycles. The molecule has 0 atom stereocenters. The van der Waals surface area contributed by atoms with Gasteiger partial charge in [-0.15, -0.1) is 5.54 Å². The van der Waals surface area contributed by atoms with Gasteiger partial charge in [-0.1, -0.05) is 74.8 Å². The van der Waals surface area contributed by atoms with Gasteiger partial charge in [0, 0.05) is 24.0 Å². The number of rotatable bonds is 5. The summed E-state index contributed by atoms with van der Waals surface area (Å²) in [5.41, 5.74) is 7.04. The van der Waals surface area contributed by atoms with E-state index in [0.717, 1.165) is 47.8 Å². The van der Waals surface area contributed by atoms with E-state index in [9.17, 15) is 9.59 Å². The van der Waals surface area contributed by atoms with Crippen LogP contribution in [0.4, 0.5) is 0 Å². The van der Waals surface area contributed by atoms with E-state index < -0.39 is 8.07 Å². The van der Waals surface area contributed by atoms with Gasteiger partial charge in [0.25, 0.3) is 5.56 Å². The number of nitrogens with zero attached hydrogens (tertiary/aromatic N) is 3. The van der Waals surface area contributed by atoms with E-state index in [2.05, 4.69) is 36.4 Å². The number of para-hydroxylation sites is 1. The van der Waals surface area contributed by atoms with Gasteiger partial charge in [0.1, 0.15) is 19.1 Å². The lowest BCUT2D eigenvalue weighted by molar-refractivity contribution is -0.119. The van der Waals surface area contributed by atoms with Crippen molar-refractivity contribution in [2.75, 3.05) is 5.75 Å². The molecule has 2 heterocycles. The highest BCUT2D eigenvalue weighted by molar-refractivity contribution is 7.99. The largest absolute Gasteiger partial charge is 0.353 e.